The SMILES string of the molecule is CC1(Sc2cccc(N)c2)CCC1. The van der Waals surface area contributed by atoms with Gasteiger partial charge in [-0.25, -0.2) is 0 Å². The zero-order chi connectivity index (χ0) is 9.31. The molecule has 0 unspecified atom stereocenters. The highest BCUT2D eigenvalue weighted by Crippen LogP contribution is 2.47. The van der Waals surface area contributed by atoms with Crippen molar-refractivity contribution in [1.82, 2.24) is 0 Å². The van der Waals surface area contributed by atoms with Crippen LogP contribution in [0.1, 0.15) is 26.2 Å². The lowest BCUT2D eigenvalue weighted by molar-refractivity contribution is 0.392. The number of rotatable bonds is 2. The van der Waals surface area contributed by atoms with Crippen molar-refractivity contribution in [1.29, 1.82) is 0 Å². The van der Waals surface area contributed by atoms with E-state index in [4.69, 9.17) is 5.73 Å². The van der Waals surface area contributed by atoms with Gasteiger partial charge in [-0.3, -0.25) is 0 Å². The van der Waals surface area contributed by atoms with Crippen molar-refractivity contribution in [2.45, 2.75) is 35.8 Å². The number of anilines is 1. The summed E-state index contributed by atoms with van der Waals surface area (Å²) >= 11 is 1.97. The molecular weight excluding hydrogens is 178 g/mol. The Morgan fingerprint density at radius 3 is 2.69 bits per heavy atom. The Bertz CT molecular complexity index is 305. The molecule has 0 amide bonds. The molecule has 1 aromatic carbocycles. The Morgan fingerprint density at radius 2 is 2.15 bits per heavy atom. The highest BCUT2D eigenvalue weighted by Gasteiger charge is 2.32. The molecule has 1 aliphatic rings. The molecule has 2 heteroatoms. The summed E-state index contributed by atoms with van der Waals surface area (Å²) in [6.45, 7) is 2.34. The smallest absolute Gasteiger partial charge is 0.0325 e. The minimum atomic E-state index is 0.480. The summed E-state index contributed by atoms with van der Waals surface area (Å²) in [5.74, 6) is 0. The molecule has 1 fully saturated rings. The van der Waals surface area contributed by atoms with Crippen LogP contribution in [0.25, 0.3) is 0 Å². The maximum atomic E-state index is 5.72. The second-order valence-corrected chi connectivity index (χ2v) is 5.64. The summed E-state index contributed by atoms with van der Waals surface area (Å²) in [5, 5.41) is 0. The molecule has 0 bridgehead atoms. The van der Waals surface area contributed by atoms with E-state index < -0.39 is 0 Å². The van der Waals surface area contributed by atoms with E-state index in [1.165, 1.54) is 24.2 Å². The van der Waals surface area contributed by atoms with Gasteiger partial charge in [0.25, 0.3) is 0 Å². The molecular formula is C11H15NS. The quantitative estimate of drug-likeness (QED) is 0.729. The fourth-order valence-electron chi connectivity index (χ4n) is 1.64. The first-order chi connectivity index (χ1) is 6.18. The standard InChI is InChI=1S/C11H15NS/c1-11(6-3-7-11)13-10-5-2-4-9(12)8-10/h2,4-5,8H,3,6-7,12H2,1H3. The van der Waals surface area contributed by atoms with Crippen molar-refractivity contribution in [3.8, 4) is 0 Å². The van der Waals surface area contributed by atoms with Gasteiger partial charge in [0.2, 0.25) is 0 Å². The first kappa shape index (κ1) is 8.95. The number of hydrogen-bond acceptors (Lipinski definition) is 2. The first-order valence-electron chi connectivity index (χ1n) is 4.73. The van der Waals surface area contributed by atoms with Crippen molar-refractivity contribution in [3.05, 3.63) is 24.3 Å². The van der Waals surface area contributed by atoms with Gasteiger partial charge in [0.15, 0.2) is 0 Å². The Kier molecular flexibility index (Phi) is 2.24. The van der Waals surface area contributed by atoms with Crippen molar-refractivity contribution < 1.29 is 0 Å². The zero-order valence-electron chi connectivity index (χ0n) is 7.92. The van der Waals surface area contributed by atoms with E-state index in [1.807, 2.05) is 23.9 Å². The fraction of sp³-hybridized carbons (Fsp3) is 0.455. The Morgan fingerprint density at radius 1 is 1.38 bits per heavy atom. The van der Waals surface area contributed by atoms with Gasteiger partial charge in [0.1, 0.15) is 0 Å². The van der Waals surface area contributed by atoms with Crippen LogP contribution in [0.15, 0.2) is 29.2 Å². The summed E-state index contributed by atoms with van der Waals surface area (Å²) in [5.41, 5.74) is 6.59. The first-order valence-corrected chi connectivity index (χ1v) is 5.54. The minimum Gasteiger partial charge on any atom is -0.399 e. The molecule has 1 aliphatic carbocycles. The van der Waals surface area contributed by atoms with Gasteiger partial charge in [0.05, 0.1) is 0 Å². The van der Waals surface area contributed by atoms with Gasteiger partial charge in [-0.15, -0.1) is 11.8 Å². The largest absolute Gasteiger partial charge is 0.399 e. The molecule has 0 aliphatic heterocycles. The van der Waals surface area contributed by atoms with Gasteiger partial charge in [-0.05, 0) is 31.0 Å². The van der Waals surface area contributed by atoms with Crippen LogP contribution in [0, 0.1) is 0 Å². The average molecular weight is 193 g/mol. The number of nitrogens with two attached hydrogens (primary N) is 1. The van der Waals surface area contributed by atoms with E-state index >= 15 is 0 Å². The van der Waals surface area contributed by atoms with E-state index in [0.717, 1.165) is 5.69 Å². The van der Waals surface area contributed by atoms with E-state index in [2.05, 4.69) is 19.1 Å². The van der Waals surface area contributed by atoms with Crippen LogP contribution in [0.5, 0.6) is 0 Å². The second-order valence-electron chi connectivity index (χ2n) is 3.98. The highest BCUT2D eigenvalue weighted by atomic mass is 32.2. The topological polar surface area (TPSA) is 26.0 Å². The van der Waals surface area contributed by atoms with E-state index in [-0.39, 0.29) is 0 Å². The van der Waals surface area contributed by atoms with Crippen molar-refractivity contribution >= 4 is 17.4 Å². The van der Waals surface area contributed by atoms with Gasteiger partial charge in [-0.1, -0.05) is 19.4 Å². The fourth-order valence-corrected chi connectivity index (χ4v) is 3.04. The van der Waals surface area contributed by atoms with Gasteiger partial charge < -0.3 is 5.73 Å². The summed E-state index contributed by atoms with van der Waals surface area (Å²) in [6.07, 6.45) is 4.06. The number of nitrogen functional groups attached to an aromatic ring is 1. The third-order valence-corrected chi connectivity index (χ3v) is 4.02. The molecule has 0 heterocycles. The minimum absolute atomic E-state index is 0.480. The molecule has 0 radical (unpaired) electrons. The Balaban J connectivity index is 2.09. The molecule has 1 aromatic rings. The normalized spacial score (nSPS) is 19.5. The number of thioether (sulfide) groups is 1. The number of hydrogen-bond donors (Lipinski definition) is 1. The average Bonchev–Trinajstić information content (AvgIpc) is 2.01. The van der Waals surface area contributed by atoms with Crippen molar-refractivity contribution in [2.75, 3.05) is 5.73 Å². The molecule has 2 N–H and O–H groups in total. The Labute approximate surface area is 83.7 Å². The highest BCUT2D eigenvalue weighted by molar-refractivity contribution is 8.00. The summed E-state index contributed by atoms with van der Waals surface area (Å²) < 4.78 is 0.480. The van der Waals surface area contributed by atoms with E-state index in [9.17, 15) is 0 Å². The lowest BCUT2D eigenvalue weighted by atomic mass is 9.86. The molecule has 1 saturated carbocycles. The third kappa shape index (κ3) is 1.99. The van der Waals surface area contributed by atoms with Crippen LogP contribution < -0.4 is 5.73 Å². The molecule has 0 aromatic heterocycles. The summed E-state index contributed by atoms with van der Waals surface area (Å²) in [6, 6.07) is 8.17. The molecule has 70 valence electrons. The van der Waals surface area contributed by atoms with E-state index in [1.54, 1.807) is 0 Å². The predicted molar refractivity (Wildman–Crippen MR) is 59.0 cm³/mol. The maximum Gasteiger partial charge on any atom is 0.0325 e. The lowest BCUT2D eigenvalue weighted by Crippen LogP contribution is -2.28. The third-order valence-electron chi connectivity index (χ3n) is 2.63. The molecule has 2 rings (SSSR count). The van der Waals surface area contributed by atoms with Crippen molar-refractivity contribution in [2.24, 2.45) is 0 Å². The van der Waals surface area contributed by atoms with Crippen LogP contribution in [0.3, 0.4) is 0 Å². The van der Waals surface area contributed by atoms with Gasteiger partial charge >= 0.3 is 0 Å². The van der Waals surface area contributed by atoms with Gasteiger partial charge in [0, 0.05) is 15.3 Å². The summed E-state index contributed by atoms with van der Waals surface area (Å²) in [7, 11) is 0. The lowest BCUT2D eigenvalue weighted by Gasteiger charge is -2.37. The molecule has 1 nitrogen and oxygen atoms in total. The molecule has 13 heavy (non-hydrogen) atoms. The van der Waals surface area contributed by atoms with Crippen LogP contribution in [0.2, 0.25) is 0 Å². The Hall–Kier alpha value is -0.630. The van der Waals surface area contributed by atoms with Gasteiger partial charge in [-0.2, -0.15) is 0 Å². The molecule has 0 atom stereocenters. The summed E-state index contributed by atoms with van der Waals surface area (Å²) in [4.78, 5) is 1.31. The zero-order valence-corrected chi connectivity index (χ0v) is 8.73. The predicted octanol–water partition coefficient (Wildman–Crippen LogP) is 3.30. The molecule has 0 saturated heterocycles. The van der Waals surface area contributed by atoms with E-state index in [0.29, 0.717) is 4.75 Å². The van der Waals surface area contributed by atoms with Crippen LogP contribution in [-0.2, 0) is 0 Å². The van der Waals surface area contributed by atoms with Crippen LogP contribution in [-0.4, -0.2) is 4.75 Å². The van der Waals surface area contributed by atoms with Crippen LogP contribution >= 0.6 is 11.8 Å². The monoisotopic (exact) mass is 193 g/mol. The maximum absolute atomic E-state index is 5.72. The number of benzene rings is 1. The second kappa shape index (κ2) is 3.26. The van der Waals surface area contributed by atoms with Crippen molar-refractivity contribution in [3.63, 3.8) is 0 Å². The molecule has 0 spiro atoms. The van der Waals surface area contributed by atoms with Crippen LogP contribution in [0.4, 0.5) is 5.69 Å².